The van der Waals surface area contributed by atoms with Gasteiger partial charge in [-0.1, -0.05) is 0 Å². The second-order valence-electron chi connectivity index (χ2n) is 2.65. The van der Waals surface area contributed by atoms with Gasteiger partial charge in [0, 0.05) is 25.3 Å². The van der Waals surface area contributed by atoms with Crippen LogP contribution in [0.3, 0.4) is 0 Å². The topological polar surface area (TPSA) is 23.5 Å². The molecule has 1 N–H and O–H groups in total. The van der Waals surface area contributed by atoms with Crippen LogP contribution in [0.4, 0.5) is 0 Å². The van der Waals surface area contributed by atoms with Crippen molar-refractivity contribution in [2.75, 3.05) is 13.2 Å². The van der Waals surface area contributed by atoms with Gasteiger partial charge in [0.1, 0.15) is 0 Å². The van der Waals surface area contributed by atoms with Gasteiger partial charge in [0.15, 0.2) is 0 Å². The molecule has 0 aromatic carbocycles. The van der Waals surface area contributed by atoms with Crippen molar-refractivity contribution in [2.45, 2.75) is 25.6 Å². The zero-order valence-corrected chi connectivity index (χ0v) is 7.90. The van der Waals surface area contributed by atoms with Crippen molar-refractivity contribution in [1.29, 1.82) is 0 Å². The van der Waals surface area contributed by atoms with Gasteiger partial charge < -0.3 is 10.0 Å². The molecule has 1 unspecified atom stereocenters. The summed E-state index contributed by atoms with van der Waals surface area (Å²) in [6, 6.07) is 0. The maximum atomic E-state index is 8.76. The molecule has 2 nitrogen and oxygen atoms in total. The molecule has 0 aliphatic carbocycles. The van der Waals surface area contributed by atoms with Crippen molar-refractivity contribution >= 4 is 11.8 Å². The van der Waals surface area contributed by atoms with Gasteiger partial charge in [0.25, 0.3) is 0 Å². The van der Waals surface area contributed by atoms with Crippen LogP contribution in [-0.2, 0) is 0 Å². The van der Waals surface area contributed by atoms with Crippen LogP contribution in [-0.4, -0.2) is 28.5 Å². The van der Waals surface area contributed by atoms with E-state index >= 15 is 0 Å². The lowest BCUT2D eigenvalue weighted by Gasteiger charge is -2.25. The Bertz CT molecular complexity index is 158. The molecule has 0 aromatic rings. The highest BCUT2D eigenvalue weighted by molar-refractivity contribution is 8.02. The molecule has 0 spiro atoms. The molecular formula is C8H15NOS. The Morgan fingerprint density at radius 3 is 3.00 bits per heavy atom. The third-order valence-electron chi connectivity index (χ3n) is 1.91. The SMILES string of the molecule is CCN1C(C)=CSC1CCO. The summed E-state index contributed by atoms with van der Waals surface area (Å²) in [5, 5.41) is 11.4. The smallest absolute Gasteiger partial charge is 0.0810 e. The standard InChI is InChI=1S/C8H15NOS/c1-3-9-7(2)6-11-8(9)4-5-10/h6,8,10H,3-5H2,1-2H3. The molecule has 3 heteroatoms. The molecule has 1 rings (SSSR count). The maximum Gasteiger partial charge on any atom is 0.0810 e. The predicted octanol–water partition coefficient (Wildman–Crippen LogP) is 1.62. The third-order valence-corrected chi connectivity index (χ3v) is 3.19. The summed E-state index contributed by atoms with van der Waals surface area (Å²) in [4.78, 5) is 2.32. The van der Waals surface area contributed by atoms with E-state index in [1.165, 1.54) is 5.70 Å². The molecule has 0 radical (unpaired) electrons. The van der Waals surface area contributed by atoms with E-state index in [2.05, 4.69) is 24.2 Å². The van der Waals surface area contributed by atoms with Gasteiger partial charge >= 0.3 is 0 Å². The molecule has 64 valence electrons. The summed E-state index contributed by atoms with van der Waals surface area (Å²) in [6.07, 6.45) is 0.867. The van der Waals surface area contributed by atoms with E-state index in [0.29, 0.717) is 5.37 Å². The molecule has 0 aromatic heterocycles. The zero-order chi connectivity index (χ0) is 8.27. The number of nitrogens with zero attached hydrogens (tertiary/aromatic N) is 1. The quantitative estimate of drug-likeness (QED) is 0.701. The number of aliphatic hydroxyl groups excluding tert-OH is 1. The lowest BCUT2D eigenvalue weighted by atomic mass is 10.3. The van der Waals surface area contributed by atoms with Gasteiger partial charge in [0.05, 0.1) is 5.37 Å². The normalized spacial score (nSPS) is 24.1. The molecule has 0 fully saturated rings. The van der Waals surface area contributed by atoms with Crippen molar-refractivity contribution < 1.29 is 5.11 Å². The Morgan fingerprint density at radius 1 is 1.73 bits per heavy atom. The van der Waals surface area contributed by atoms with E-state index in [1.807, 2.05) is 11.8 Å². The number of allylic oxidation sites excluding steroid dienone is 1. The van der Waals surface area contributed by atoms with E-state index in [1.54, 1.807) is 0 Å². The lowest BCUT2D eigenvalue weighted by molar-refractivity contribution is 0.245. The molecule has 1 aliphatic rings. The third kappa shape index (κ3) is 1.91. The summed E-state index contributed by atoms with van der Waals surface area (Å²) >= 11 is 1.81. The monoisotopic (exact) mass is 173 g/mol. The second kappa shape index (κ2) is 4.02. The van der Waals surface area contributed by atoms with E-state index < -0.39 is 0 Å². The summed E-state index contributed by atoms with van der Waals surface area (Å²) < 4.78 is 0. The van der Waals surface area contributed by atoms with Gasteiger partial charge in [-0.25, -0.2) is 0 Å². The number of aliphatic hydroxyl groups is 1. The number of hydrogen-bond donors (Lipinski definition) is 1. The molecule has 0 saturated heterocycles. The van der Waals surface area contributed by atoms with Crippen molar-refractivity contribution in [2.24, 2.45) is 0 Å². The van der Waals surface area contributed by atoms with E-state index in [9.17, 15) is 0 Å². The van der Waals surface area contributed by atoms with Crippen molar-refractivity contribution in [1.82, 2.24) is 4.90 Å². The molecule has 1 atom stereocenters. The summed E-state index contributed by atoms with van der Waals surface area (Å²) in [5.41, 5.74) is 1.33. The van der Waals surface area contributed by atoms with Crippen molar-refractivity contribution in [3.8, 4) is 0 Å². The Hall–Kier alpha value is -0.150. The Kier molecular flexibility index (Phi) is 3.27. The van der Waals surface area contributed by atoms with E-state index in [0.717, 1.165) is 13.0 Å². The van der Waals surface area contributed by atoms with Crippen LogP contribution in [0.25, 0.3) is 0 Å². The second-order valence-corrected chi connectivity index (χ2v) is 3.70. The highest BCUT2D eigenvalue weighted by Gasteiger charge is 2.21. The molecular weight excluding hydrogens is 158 g/mol. The van der Waals surface area contributed by atoms with Gasteiger partial charge in [-0.2, -0.15) is 0 Å². The predicted molar refractivity (Wildman–Crippen MR) is 49.2 cm³/mol. The number of thioether (sulfide) groups is 1. The zero-order valence-electron chi connectivity index (χ0n) is 7.08. The maximum absolute atomic E-state index is 8.76. The first-order chi connectivity index (χ1) is 5.29. The summed E-state index contributed by atoms with van der Waals surface area (Å²) in [6.45, 7) is 5.59. The van der Waals surface area contributed by atoms with Gasteiger partial charge in [0.2, 0.25) is 0 Å². The Labute approximate surface area is 72.3 Å². The van der Waals surface area contributed by atoms with Gasteiger partial charge in [-0.3, -0.25) is 0 Å². The fourth-order valence-electron chi connectivity index (χ4n) is 1.33. The van der Waals surface area contributed by atoms with Gasteiger partial charge in [-0.05, 0) is 19.3 Å². The summed E-state index contributed by atoms with van der Waals surface area (Å²) in [5.74, 6) is 0. The molecule has 0 saturated carbocycles. The van der Waals surface area contributed by atoms with Crippen molar-refractivity contribution in [3.05, 3.63) is 11.1 Å². The first-order valence-corrected chi connectivity index (χ1v) is 4.93. The minimum absolute atomic E-state index is 0.287. The molecule has 0 amide bonds. The number of hydrogen-bond acceptors (Lipinski definition) is 3. The van der Waals surface area contributed by atoms with Crippen molar-refractivity contribution in [3.63, 3.8) is 0 Å². The van der Waals surface area contributed by atoms with Crippen LogP contribution >= 0.6 is 11.8 Å². The highest BCUT2D eigenvalue weighted by Crippen LogP contribution is 2.31. The number of rotatable bonds is 3. The van der Waals surface area contributed by atoms with Gasteiger partial charge in [-0.15, -0.1) is 11.8 Å². The highest BCUT2D eigenvalue weighted by atomic mass is 32.2. The Balaban J connectivity index is 2.46. The fourth-order valence-corrected chi connectivity index (χ4v) is 2.53. The van der Waals surface area contributed by atoms with E-state index in [4.69, 9.17) is 5.11 Å². The molecule has 1 heterocycles. The minimum atomic E-state index is 0.287. The fraction of sp³-hybridized carbons (Fsp3) is 0.750. The first kappa shape index (κ1) is 8.94. The molecule has 11 heavy (non-hydrogen) atoms. The average Bonchev–Trinajstić information content (AvgIpc) is 2.33. The van der Waals surface area contributed by atoms with E-state index in [-0.39, 0.29) is 6.61 Å². The molecule has 1 aliphatic heterocycles. The van der Waals surface area contributed by atoms with Crippen LogP contribution in [0.5, 0.6) is 0 Å². The van der Waals surface area contributed by atoms with Crippen LogP contribution in [0.15, 0.2) is 11.1 Å². The average molecular weight is 173 g/mol. The van der Waals surface area contributed by atoms with Crippen LogP contribution in [0, 0.1) is 0 Å². The van der Waals surface area contributed by atoms with Crippen LogP contribution < -0.4 is 0 Å². The van der Waals surface area contributed by atoms with Crippen LogP contribution in [0.1, 0.15) is 20.3 Å². The Morgan fingerprint density at radius 2 is 2.45 bits per heavy atom. The van der Waals surface area contributed by atoms with Crippen LogP contribution in [0.2, 0.25) is 0 Å². The first-order valence-electron chi connectivity index (χ1n) is 3.99. The summed E-state index contributed by atoms with van der Waals surface area (Å²) in [7, 11) is 0. The minimum Gasteiger partial charge on any atom is -0.396 e. The lowest BCUT2D eigenvalue weighted by Crippen LogP contribution is -2.27. The largest absolute Gasteiger partial charge is 0.396 e. The molecule has 0 bridgehead atoms.